The van der Waals surface area contributed by atoms with Crippen molar-refractivity contribution in [1.29, 1.82) is 0 Å². The molecule has 0 atom stereocenters. The summed E-state index contributed by atoms with van der Waals surface area (Å²) in [4.78, 5) is 3.98. The summed E-state index contributed by atoms with van der Waals surface area (Å²) < 4.78 is 0. The summed E-state index contributed by atoms with van der Waals surface area (Å²) in [5.41, 5.74) is 5.35. The van der Waals surface area contributed by atoms with E-state index in [4.69, 9.17) is 5.73 Å². The van der Waals surface area contributed by atoms with Gasteiger partial charge in [0.15, 0.2) is 5.96 Å². The largest absolute Gasteiger partial charge is 0.370 e. The quantitative estimate of drug-likeness (QED) is 0.418. The summed E-state index contributed by atoms with van der Waals surface area (Å²) in [5.74, 6) is 0.417. The van der Waals surface area contributed by atoms with Gasteiger partial charge in [-0.1, -0.05) is 6.58 Å². The van der Waals surface area contributed by atoms with E-state index < -0.39 is 0 Å². The van der Waals surface area contributed by atoms with E-state index in [1.165, 1.54) is 6.20 Å². The Morgan fingerprint density at radius 3 is 2.67 bits per heavy atom. The van der Waals surface area contributed by atoms with Gasteiger partial charge in [-0.15, -0.1) is 0 Å². The zero-order chi connectivity index (χ0) is 7.28. The first-order chi connectivity index (χ1) is 4.16. The molecule has 3 heteroatoms. The fourth-order valence-electron chi connectivity index (χ4n) is 0.420. The van der Waals surface area contributed by atoms with Gasteiger partial charge in [-0.25, -0.2) is 0 Å². The molecular formula is C6H13N3. The van der Waals surface area contributed by atoms with Gasteiger partial charge >= 0.3 is 0 Å². The second-order valence-corrected chi connectivity index (χ2v) is 1.96. The predicted octanol–water partition coefficient (Wildman–Crippen LogP) is 0.443. The molecule has 0 heterocycles. The fraction of sp³-hybridized carbons (Fsp3) is 0.500. The maximum Gasteiger partial charge on any atom is 0.192 e. The van der Waals surface area contributed by atoms with E-state index in [1.807, 2.05) is 13.8 Å². The van der Waals surface area contributed by atoms with Crippen LogP contribution in [-0.2, 0) is 0 Å². The molecule has 9 heavy (non-hydrogen) atoms. The zero-order valence-corrected chi connectivity index (χ0v) is 5.89. The highest BCUT2D eigenvalue weighted by atomic mass is 15.1. The van der Waals surface area contributed by atoms with Crippen LogP contribution >= 0.6 is 0 Å². The fourth-order valence-corrected chi connectivity index (χ4v) is 0.420. The average Bonchev–Trinajstić information content (AvgIpc) is 1.63. The van der Waals surface area contributed by atoms with Gasteiger partial charge in [0.1, 0.15) is 0 Å². The molecule has 0 aliphatic carbocycles. The van der Waals surface area contributed by atoms with Crippen molar-refractivity contribution >= 4 is 5.96 Å². The third-order valence-corrected chi connectivity index (χ3v) is 0.647. The van der Waals surface area contributed by atoms with Crippen molar-refractivity contribution in [3.05, 3.63) is 12.8 Å². The zero-order valence-electron chi connectivity index (χ0n) is 5.89. The van der Waals surface area contributed by atoms with Crippen LogP contribution in [0.5, 0.6) is 0 Å². The highest BCUT2D eigenvalue weighted by Gasteiger charge is 1.87. The number of rotatable bonds is 2. The van der Waals surface area contributed by atoms with Crippen LogP contribution in [0.4, 0.5) is 0 Å². The monoisotopic (exact) mass is 127 g/mol. The summed E-state index contributed by atoms with van der Waals surface area (Å²) in [7, 11) is 0. The first-order valence-corrected chi connectivity index (χ1v) is 2.87. The second kappa shape index (κ2) is 3.95. The Bertz CT molecular complexity index is 115. The van der Waals surface area contributed by atoms with Crippen LogP contribution in [0, 0.1) is 0 Å². The molecule has 0 saturated heterocycles. The van der Waals surface area contributed by atoms with Gasteiger partial charge < -0.3 is 11.1 Å². The number of nitrogens with one attached hydrogen (secondary N) is 1. The first kappa shape index (κ1) is 8.01. The molecule has 0 unspecified atom stereocenters. The molecule has 0 radical (unpaired) electrons. The molecule has 0 aliphatic heterocycles. The summed E-state index contributed by atoms with van der Waals surface area (Å²) in [6.07, 6.45) is 1.50. The van der Waals surface area contributed by atoms with Gasteiger partial charge in [0, 0.05) is 6.04 Å². The van der Waals surface area contributed by atoms with E-state index in [1.54, 1.807) is 0 Å². The number of nitrogens with zero attached hydrogens (tertiary/aromatic N) is 1. The molecule has 0 saturated carbocycles. The third kappa shape index (κ3) is 4.87. The van der Waals surface area contributed by atoms with Crippen LogP contribution in [0.15, 0.2) is 17.8 Å². The lowest BCUT2D eigenvalue weighted by atomic mass is 10.4. The van der Waals surface area contributed by atoms with E-state index in [9.17, 15) is 0 Å². The van der Waals surface area contributed by atoms with Gasteiger partial charge in [0.2, 0.25) is 0 Å². The minimum absolute atomic E-state index is 0.234. The summed E-state index contributed by atoms with van der Waals surface area (Å²) in [6, 6.07) is 0.234. The molecule has 0 spiro atoms. The molecule has 52 valence electrons. The molecule has 0 amide bonds. The van der Waals surface area contributed by atoms with Crippen molar-refractivity contribution < 1.29 is 0 Å². The van der Waals surface area contributed by atoms with Gasteiger partial charge in [-0.05, 0) is 20.0 Å². The minimum atomic E-state index is 0.234. The summed E-state index contributed by atoms with van der Waals surface area (Å²) in [5, 5.41) is 2.67. The first-order valence-electron chi connectivity index (χ1n) is 2.87. The molecule has 0 fully saturated rings. The van der Waals surface area contributed by atoms with Gasteiger partial charge in [-0.3, -0.25) is 4.99 Å². The topological polar surface area (TPSA) is 50.4 Å². The Morgan fingerprint density at radius 2 is 2.33 bits per heavy atom. The number of hydrogen-bond donors (Lipinski definition) is 2. The van der Waals surface area contributed by atoms with Crippen molar-refractivity contribution in [3.63, 3.8) is 0 Å². The Balaban J connectivity index is 3.68. The second-order valence-electron chi connectivity index (χ2n) is 1.96. The normalized spacial score (nSPS) is 11.7. The highest BCUT2D eigenvalue weighted by molar-refractivity contribution is 5.78. The Labute approximate surface area is 55.7 Å². The highest BCUT2D eigenvalue weighted by Crippen LogP contribution is 1.82. The van der Waals surface area contributed by atoms with Crippen LogP contribution < -0.4 is 11.1 Å². The van der Waals surface area contributed by atoms with Gasteiger partial charge in [0.25, 0.3) is 0 Å². The molecule has 3 N–H and O–H groups in total. The number of guanidine groups is 1. The summed E-state index contributed by atoms with van der Waals surface area (Å²) in [6.45, 7) is 7.35. The van der Waals surface area contributed by atoms with Crippen molar-refractivity contribution in [2.45, 2.75) is 19.9 Å². The van der Waals surface area contributed by atoms with E-state index in [2.05, 4.69) is 16.9 Å². The van der Waals surface area contributed by atoms with Crippen LogP contribution in [-0.4, -0.2) is 12.0 Å². The van der Waals surface area contributed by atoms with Gasteiger partial charge in [0.05, 0.1) is 0 Å². The van der Waals surface area contributed by atoms with Gasteiger partial charge in [-0.2, -0.15) is 0 Å². The minimum Gasteiger partial charge on any atom is -0.370 e. The van der Waals surface area contributed by atoms with E-state index in [-0.39, 0.29) is 6.04 Å². The lowest BCUT2D eigenvalue weighted by Gasteiger charge is -2.00. The molecule has 0 aromatic rings. The number of nitrogens with two attached hydrogens (primary N) is 1. The molecule has 0 aliphatic rings. The van der Waals surface area contributed by atoms with E-state index >= 15 is 0 Å². The van der Waals surface area contributed by atoms with Crippen LogP contribution in [0.3, 0.4) is 0 Å². The lowest BCUT2D eigenvalue weighted by Crippen LogP contribution is -2.27. The SMILES string of the molecule is C=CNC(N)=NC(C)C. The molecule has 0 aromatic carbocycles. The number of aliphatic imine (C=N–C) groups is 1. The molecule has 0 bridgehead atoms. The van der Waals surface area contributed by atoms with Crippen molar-refractivity contribution in [2.24, 2.45) is 10.7 Å². The molecule has 0 rings (SSSR count). The van der Waals surface area contributed by atoms with Crippen molar-refractivity contribution in [3.8, 4) is 0 Å². The standard InChI is InChI=1S/C6H13N3/c1-4-8-6(7)9-5(2)3/h4-5H,1H2,2-3H3,(H3,7,8,9). The molecule has 3 nitrogen and oxygen atoms in total. The number of hydrogen-bond acceptors (Lipinski definition) is 1. The van der Waals surface area contributed by atoms with Crippen molar-refractivity contribution in [2.75, 3.05) is 0 Å². The maximum atomic E-state index is 5.35. The lowest BCUT2D eigenvalue weighted by molar-refractivity contribution is 0.826. The Kier molecular flexibility index (Phi) is 3.51. The third-order valence-electron chi connectivity index (χ3n) is 0.647. The smallest absolute Gasteiger partial charge is 0.192 e. The molecular weight excluding hydrogens is 114 g/mol. The van der Waals surface area contributed by atoms with Crippen molar-refractivity contribution in [1.82, 2.24) is 5.32 Å². The Hall–Kier alpha value is -0.990. The maximum absolute atomic E-state index is 5.35. The molecule has 0 aromatic heterocycles. The predicted molar refractivity (Wildman–Crippen MR) is 40.1 cm³/mol. The van der Waals surface area contributed by atoms with E-state index in [0.717, 1.165) is 0 Å². The average molecular weight is 127 g/mol. The van der Waals surface area contributed by atoms with Crippen LogP contribution in [0.2, 0.25) is 0 Å². The Morgan fingerprint density at radius 1 is 1.78 bits per heavy atom. The summed E-state index contributed by atoms with van der Waals surface area (Å²) >= 11 is 0. The van der Waals surface area contributed by atoms with E-state index in [0.29, 0.717) is 5.96 Å². The van der Waals surface area contributed by atoms with Crippen LogP contribution in [0.25, 0.3) is 0 Å². The van der Waals surface area contributed by atoms with Crippen LogP contribution in [0.1, 0.15) is 13.8 Å².